The fraction of sp³-hybridized carbons (Fsp3) is 0.400. The van der Waals surface area contributed by atoms with Gasteiger partial charge < -0.3 is 19.9 Å². The number of fused-ring (bicyclic) bond motifs is 1. The molecule has 2 aromatic carbocycles. The van der Waals surface area contributed by atoms with Crippen LogP contribution in [0.5, 0.6) is 11.5 Å². The molecule has 0 radical (unpaired) electrons. The highest BCUT2D eigenvalue weighted by Crippen LogP contribution is 2.31. The van der Waals surface area contributed by atoms with E-state index in [1.54, 1.807) is 0 Å². The van der Waals surface area contributed by atoms with Crippen LogP contribution < -0.4 is 14.8 Å². The minimum atomic E-state index is 0.181. The van der Waals surface area contributed by atoms with E-state index in [9.17, 15) is 0 Å². The van der Waals surface area contributed by atoms with Crippen molar-refractivity contribution in [3.63, 3.8) is 0 Å². The molecule has 2 aromatic rings. The molecule has 0 fully saturated rings. The lowest BCUT2D eigenvalue weighted by Gasteiger charge is -2.26. The summed E-state index contributed by atoms with van der Waals surface area (Å²) in [4.78, 5) is 0. The van der Waals surface area contributed by atoms with Gasteiger partial charge in [-0.25, -0.2) is 0 Å². The Morgan fingerprint density at radius 2 is 2.04 bits per heavy atom. The van der Waals surface area contributed by atoms with Crippen LogP contribution in [0.1, 0.15) is 24.0 Å². The zero-order valence-corrected chi connectivity index (χ0v) is 13.9. The highest BCUT2D eigenvalue weighted by molar-refractivity contribution is 5.42. The minimum Gasteiger partial charge on any atom is -0.489 e. The van der Waals surface area contributed by atoms with E-state index in [1.165, 1.54) is 5.56 Å². The van der Waals surface area contributed by atoms with Crippen LogP contribution in [0.15, 0.2) is 48.5 Å². The molecule has 2 N–H and O–H groups in total. The number of rotatable bonds is 8. The van der Waals surface area contributed by atoms with Gasteiger partial charge in [0.25, 0.3) is 0 Å². The minimum absolute atomic E-state index is 0.181. The SMILES string of the molecule is OCCCNCC1CCc2ccc(OCc3ccccc3)cc2O1. The van der Waals surface area contributed by atoms with E-state index in [-0.39, 0.29) is 12.7 Å². The van der Waals surface area contributed by atoms with Gasteiger partial charge in [-0.15, -0.1) is 0 Å². The second-order valence-electron chi connectivity index (χ2n) is 6.10. The quantitative estimate of drug-likeness (QED) is 0.732. The molecule has 0 amide bonds. The highest BCUT2D eigenvalue weighted by atomic mass is 16.5. The van der Waals surface area contributed by atoms with Crippen LogP contribution in [0.4, 0.5) is 0 Å². The third-order valence-corrected chi connectivity index (χ3v) is 4.20. The van der Waals surface area contributed by atoms with Gasteiger partial charge in [0, 0.05) is 19.2 Å². The largest absolute Gasteiger partial charge is 0.489 e. The number of hydrogen-bond acceptors (Lipinski definition) is 4. The molecule has 24 heavy (non-hydrogen) atoms. The Morgan fingerprint density at radius 1 is 1.17 bits per heavy atom. The summed E-state index contributed by atoms with van der Waals surface area (Å²) >= 11 is 0. The van der Waals surface area contributed by atoms with E-state index < -0.39 is 0 Å². The van der Waals surface area contributed by atoms with E-state index in [0.29, 0.717) is 6.61 Å². The first-order valence-electron chi connectivity index (χ1n) is 8.63. The lowest BCUT2D eigenvalue weighted by atomic mass is 10.0. The summed E-state index contributed by atoms with van der Waals surface area (Å²) < 4.78 is 12.0. The molecule has 0 saturated carbocycles. The molecule has 0 spiro atoms. The predicted octanol–water partition coefficient (Wildman–Crippen LogP) is 2.93. The van der Waals surface area contributed by atoms with Gasteiger partial charge in [-0.1, -0.05) is 36.4 Å². The fourth-order valence-electron chi connectivity index (χ4n) is 2.85. The predicted molar refractivity (Wildman–Crippen MR) is 94.5 cm³/mol. The van der Waals surface area contributed by atoms with E-state index >= 15 is 0 Å². The van der Waals surface area contributed by atoms with Crippen molar-refractivity contribution in [2.24, 2.45) is 0 Å². The maximum atomic E-state index is 8.81. The average Bonchev–Trinajstić information content (AvgIpc) is 2.64. The van der Waals surface area contributed by atoms with Crippen molar-refractivity contribution in [1.82, 2.24) is 5.32 Å². The lowest BCUT2D eigenvalue weighted by Crippen LogP contribution is -2.34. The Kier molecular flexibility index (Phi) is 6.10. The van der Waals surface area contributed by atoms with Gasteiger partial charge in [-0.05, 0) is 43.0 Å². The number of aliphatic hydroxyl groups is 1. The van der Waals surface area contributed by atoms with Crippen LogP contribution >= 0.6 is 0 Å². The molecule has 4 heteroatoms. The Labute approximate surface area is 143 Å². The molecule has 1 aliphatic heterocycles. The molecular weight excluding hydrogens is 302 g/mol. The Balaban J connectivity index is 1.55. The Morgan fingerprint density at radius 3 is 2.88 bits per heavy atom. The first-order valence-corrected chi connectivity index (χ1v) is 8.63. The summed E-state index contributed by atoms with van der Waals surface area (Å²) in [5.41, 5.74) is 2.40. The normalized spacial score (nSPS) is 16.3. The smallest absolute Gasteiger partial charge is 0.126 e. The maximum absolute atomic E-state index is 8.81. The third kappa shape index (κ3) is 4.73. The first-order chi connectivity index (χ1) is 11.8. The molecule has 0 aromatic heterocycles. The molecule has 0 bridgehead atoms. The van der Waals surface area contributed by atoms with Crippen LogP contribution in [0.2, 0.25) is 0 Å². The van der Waals surface area contributed by atoms with Gasteiger partial charge in [0.05, 0.1) is 0 Å². The van der Waals surface area contributed by atoms with Crippen molar-refractivity contribution in [1.29, 1.82) is 0 Å². The number of aliphatic hydroxyl groups excluding tert-OH is 1. The number of nitrogens with one attached hydrogen (secondary N) is 1. The second-order valence-corrected chi connectivity index (χ2v) is 6.10. The van der Waals surface area contributed by atoms with Crippen LogP contribution in [0.3, 0.4) is 0 Å². The van der Waals surface area contributed by atoms with Crippen molar-refractivity contribution in [3.05, 3.63) is 59.7 Å². The Bertz CT molecular complexity index is 630. The molecule has 128 valence electrons. The molecule has 1 aliphatic rings. The van der Waals surface area contributed by atoms with Crippen molar-refractivity contribution in [2.75, 3.05) is 19.7 Å². The summed E-state index contributed by atoms with van der Waals surface area (Å²) in [7, 11) is 0. The number of hydrogen-bond donors (Lipinski definition) is 2. The number of ether oxygens (including phenoxy) is 2. The molecule has 1 unspecified atom stereocenters. The molecule has 1 heterocycles. The highest BCUT2D eigenvalue weighted by Gasteiger charge is 2.19. The molecule has 1 atom stereocenters. The second kappa shape index (κ2) is 8.71. The lowest BCUT2D eigenvalue weighted by molar-refractivity contribution is 0.168. The van der Waals surface area contributed by atoms with Crippen LogP contribution in [0, 0.1) is 0 Å². The van der Waals surface area contributed by atoms with Crippen molar-refractivity contribution in [3.8, 4) is 11.5 Å². The third-order valence-electron chi connectivity index (χ3n) is 4.20. The molecule has 0 saturated heterocycles. The summed E-state index contributed by atoms with van der Waals surface area (Å²) in [6.07, 6.45) is 3.01. The zero-order chi connectivity index (χ0) is 16.6. The van der Waals surface area contributed by atoms with E-state index in [2.05, 4.69) is 23.5 Å². The van der Waals surface area contributed by atoms with Crippen molar-refractivity contribution < 1.29 is 14.6 Å². The van der Waals surface area contributed by atoms with Crippen LogP contribution in [-0.2, 0) is 13.0 Å². The molecule has 0 aliphatic carbocycles. The first kappa shape index (κ1) is 16.8. The summed E-state index contributed by atoms with van der Waals surface area (Å²) in [6.45, 7) is 2.42. The van der Waals surface area contributed by atoms with Gasteiger partial charge in [-0.3, -0.25) is 0 Å². The number of aryl methyl sites for hydroxylation is 1. The van der Waals surface area contributed by atoms with Crippen LogP contribution in [-0.4, -0.2) is 30.9 Å². The van der Waals surface area contributed by atoms with Gasteiger partial charge in [0.2, 0.25) is 0 Å². The van der Waals surface area contributed by atoms with Gasteiger partial charge >= 0.3 is 0 Å². The molecule has 4 nitrogen and oxygen atoms in total. The summed E-state index contributed by atoms with van der Waals surface area (Å²) in [5, 5.41) is 12.1. The van der Waals surface area contributed by atoms with Crippen LogP contribution in [0.25, 0.3) is 0 Å². The standard InChI is InChI=1S/C20H25NO3/c22-12-4-11-21-14-19-10-8-17-7-9-18(13-20(17)24-19)23-15-16-5-2-1-3-6-16/h1-3,5-7,9,13,19,21-22H,4,8,10-12,14-15H2. The van der Waals surface area contributed by atoms with Gasteiger partial charge in [0.15, 0.2) is 0 Å². The summed E-state index contributed by atoms with van der Waals surface area (Å²) in [6, 6.07) is 16.3. The van der Waals surface area contributed by atoms with E-state index in [0.717, 1.165) is 49.4 Å². The zero-order valence-electron chi connectivity index (χ0n) is 13.9. The molecular formula is C20H25NO3. The maximum Gasteiger partial charge on any atom is 0.126 e. The summed E-state index contributed by atoms with van der Waals surface area (Å²) in [5.74, 6) is 1.77. The average molecular weight is 327 g/mol. The van der Waals surface area contributed by atoms with E-state index in [4.69, 9.17) is 14.6 Å². The van der Waals surface area contributed by atoms with Crippen molar-refractivity contribution in [2.45, 2.75) is 32.0 Å². The fourth-order valence-corrected chi connectivity index (χ4v) is 2.85. The van der Waals surface area contributed by atoms with Gasteiger partial charge in [0.1, 0.15) is 24.2 Å². The molecule has 3 rings (SSSR count). The monoisotopic (exact) mass is 327 g/mol. The van der Waals surface area contributed by atoms with Crippen molar-refractivity contribution >= 4 is 0 Å². The van der Waals surface area contributed by atoms with Gasteiger partial charge in [-0.2, -0.15) is 0 Å². The topological polar surface area (TPSA) is 50.7 Å². The number of benzene rings is 2. The Hall–Kier alpha value is -2.04. The van der Waals surface area contributed by atoms with E-state index in [1.807, 2.05) is 30.3 Å².